The van der Waals surface area contributed by atoms with Crippen molar-refractivity contribution < 1.29 is 22.7 Å². The van der Waals surface area contributed by atoms with Gasteiger partial charge in [0.25, 0.3) is 5.91 Å². The van der Waals surface area contributed by atoms with Crippen LogP contribution in [0.15, 0.2) is 54.9 Å². The minimum absolute atomic E-state index is 0.0927. The van der Waals surface area contributed by atoms with Crippen molar-refractivity contribution in [2.75, 3.05) is 59.8 Å². The van der Waals surface area contributed by atoms with Crippen LogP contribution >= 0.6 is 0 Å². The van der Waals surface area contributed by atoms with Crippen LogP contribution in [-0.4, -0.2) is 60.3 Å². The number of carbonyl (C=O) groups excluding carboxylic acids is 1. The third kappa shape index (κ3) is 6.54. The van der Waals surface area contributed by atoms with E-state index in [0.717, 1.165) is 49.4 Å². The van der Waals surface area contributed by atoms with E-state index in [1.807, 2.05) is 24.0 Å². The Bertz CT molecular complexity index is 1670. The number of aryl methyl sites for hydroxylation is 1. The summed E-state index contributed by atoms with van der Waals surface area (Å²) in [4.78, 5) is 31.1. The molecule has 6 rings (SSSR count). The van der Waals surface area contributed by atoms with Gasteiger partial charge in [0.1, 0.15) is 17.7 Å². The maximum Gasteiger partial charge on any atom is 0.416 e. The van der Waals surface area contributed by atoms with Gasteiger partial charge >= 0.3 is 6.18 Å². The molecule has 2 N–H and O–H groups in total. The highest BCUT2D eigenvalue weighted by Crippen LogP contribution is 2.36. The minimum Gasteiger partial charge on any atom is -0.378 e. The number of pyridine rings is 1. The Balaban J connectivity index is 1.26. The number of ether oxygens (including phenoxy) is 1. The smallest absolute Gasteiger partial charge is 0.378 e. The van der Waals surface area contributed by atoms with E-state index in [9.17, 15) is 18.0 Å². The highest BCUT2D eigenvalue weighted by Gasteiger charge is 2.32. The number of nitrogens with zero attached hydrogens (tertiary/aromatic N) is 5. The van der Waals surface area contributed by atoms with Crippen LogP contribution in [0.5, 0.6) is 0 Å². The van der Waals surface area contributed by atoms with Gasteiger partial charge in [0.15, 0.2) is 5.82 Å². The Morgan fingerprint density at radius 1 is 0.955 bits per heavy atom. The van der Waals surface area contributed by atoms with Crippen molar-refractivity contribution >= 4 is 45.6 Å². The molecule has 9 nitrogen and oxygen atoms in total. The third-order valence-electron chi connectivity index (χ3n) is 8.21. The number of alkyl halides is 3. The maximum absolute atomic E-state index is 13.8. The Morgan fingerprint density at radius 3 is 2.48 bits per heavy atom. The van der Waals surface area contributed by atoms with Crippen molar-refractivity contribution in [2.45, 2.75) is 32.9 Å². The van der Waals surface area contributed by atoms with Crippen molar-refractivity contribution in [3.05, 3.63) is 71.5 Å². The lowest BCUT2D eigenvalue weighted by molar-refractivity contribution is -0.137. The lowest BCUT2D eigenvalue weighted by Gasteiger charge is -2.32. The molecule has 4 heterocycles. The number of amides is 1. The van der Waals surface area contributed by atoms with Crippen LogP contribution < -0.4 is 20.4 Å². The zero-order valence-corrected chi connectivity index (χ0v) is 24.6. The molecule has 44 heavy (non-hydrogen) atoms. The standard InChI is InChI=1S/C32H34F3N7O2/c1-20-7-9-41(10-8-20)25-17-23(32(33,34)35)16-24(18-25)38-31(43)22-4-3-21(2)27(15-22)39-30-29-26(36-19-37-30)5-6-28(40-29)42-11-13-44-14-12-42/h3-6,15-20H,7-14H2,1-2H3,(H,38,43)(H,36,37,39). The number of carbonyl (C=O) groups is 1. The van der Waals surface area contributed by atoms with Crippen LogP contribution in [0.4, 0.5) is 41.9 Å². The lowest BCUT2D eigenvalue weighted by atomic mass is 9.98. The number of halogens is 3. The molecule has 12 heteroatoms. The number of anilines is 5. The summed E-state index contributed by atoms with van der Waals surface area (Å²) in [5.41, 5.74) is 2.73. The summed E-state index contributed by atoms with van der Waals surface area (Å²) in [5, 5.41) is 5.99. The molecular formula is C32H34F3N7O2. The van der Waals surface area contributed by atoms with E-state index in [-0.39, 0.29) is 11.3 Å². The summed E-state index contributed by atoms with van der Waals surface area (Å²) in [5.74, 6) is 1.28. The summed E-state index contributed by atoms with van der Waals surface area (Å²) in [6.45, 7) is 8.09. The van der Waals surface area contributed by atoms with Crippen molar-refractivity contribution in [1.29, 1.82) is 0 Å². The van der Waals surface area contributed by atoms with Crippen molar-refractivity contribution in [3.8, 4) is 0 Å². The monoisotopic (exact) mass is 605 g/mol. The van der Waals surface area contributed by atoms with Gasteiger partial charge in [0.05, 0.1) is 24.3 Å². The summed E-state index contributed by atoms with van der Waals surface area (Å²) in [6.07, 6.45) is -1.29. The van der Waals surface area contributed by atoms with E-state index in [2.05, 4.69) is 32.4 Å². The molecule has 0 radical (unpaired) electrons. The highest BCUT2D eigenvalue weighted by molar-refractivity contribution is 6.05. The molecule has 1 amide bonds. The number of nitrogens with one attached hydrogen (secondary N) is 2. The second-order valence-electron chi connectivity index (χ2n) is 11.4. The van der Waals surface area contributed by atoms with Crippen LogP contribution in [0.25, 0.3) is 11.0 Å². The van der Waals surface area contributed by atoms with E-state index < -0.39 is 17.6 Å². The number of fused-ring (bicyclic) bond motifs is 1. The minimum atomic E-state index is -4.55. The fourth-order valence-corrected chi connectivity index (χ4v) is 5.52. The molecule has 2 saturated heterocycles. The Morgan fingerprint density at radius 2 is 1.73 bits per heavy atom. The highest BCUT2D eigenvalue weighted by atomic mass is 19.4. The molecule has 0 spiro atoms. The number of benzene rings is 2. The number of morpholine rings is 1. The van der Waals surface area contributed by atoms with Gasteiger partial charge in [0.2, 0.25) is 0 Å². The first-order valence-corrected chi connectivity index (χ1v) is 14.7. The molecule has 2 aliphatic heterocycles. The Kier molecular flexibility index (Phi) is 8.26. The fraction of sp³-hybridized carbons (Fsp3) is 0.375. The molecule has 4 aromatic rings. The van der Waals surface area contributed by atoms with Gasteiger partial charge in [-0.1, -0.05) is 13.0 Å². The van der Waals surface area contributed by atoms with Crippen molar-refractivity contribution in [1.82, 2.24) is 15.0 Å². The SMILES string of the molecule is Cc1ccc(C(=O)Nc2cc(N3CCC(C)CC3)cc(C(F)(F)F)c2)cc1Nc1ncnc2ccc(N3CCOCC3)nc12. The molecule has 2 fully saturated rings. The number of hydrogen-bond donors (Lipinski definition) is 2. The second-order valence-corrected chi connectivity index (χ2v) is 11.4. The zero-order chi connectivity index (χ0) is 30.8. The fourth-order valence-electron chi connectivity index (χ4n) is 5.52. The molecule has 0 aliphatic carbocycles. The first-order valence-electron chi connectivity index (χ1n) is 14.7. The number of aromatic nitrogens is 3. The van der Waals surface area contributed by atoms with Gasteiger partial charge in [-0.2, -0.15) is 13.2 Å². The Hall–Kier alpha value is -4.45. The van der Waals surface area contributed by atoms with Gasteiger partial charge in [0, 0.05) is 48.8 Å². The molecule has 0 bridgehead atoms. The predicted octanol–water partition coefficient (Wildman–Crippen LogP) is 6.42. The number of hydrogen-bond acceptors (Lipinski definition) is 8. The summed E-state index contributed by atoms with van der Waals surface area (Å²) < 4.78 is 46.9. The van der Waals surface area contributed by atoms with Crippen LogP contribution in [0, 0.1) is 12.8 Å². The molecular weight excluding hydrogens is 571 g/mol. The second kappa shape index (κ2) is 12.3. The van der Waals surface area contributed by atoms with Crippen LogP contribution in [0.2, 0.25) is 0 Å². The first kappa shape index (κ1) is 29.6. The molecule has 0 unspecified atom stereocenters. The normalized spacial score (nSPS) is 16.3. The topological polar surface area (TPSA) is 95.5 Å². The van der Waals surface area contributed by atoms with Gasteiger partial charge in [-0.3, -0.25) is 4.79 Å². The quantitative estimate of drug-likeness (QED) is 0.260. The molecule has 2 aromatic heterocycles. The van der Waals surface area contributed by atoms with Gasteiger partial charge in [-0.25, -0.2) is 15.0 Å². The summed E-state index contributed by atoms with van der Waals surface area (Å²) in [7, 11) is 0. The van der Waals surface area contributed by atoms with Crippen molar-refractivity contribution in [2.24, 2.45) is 5.92 Å². The van der Waals surface area contributed by atoms with Gasteiger partial charge < -0.3 is 25.2 Å². The molecule has 2 aromatic carbocycles. The third-order valence-corrected chi connectivity index (χ3v) is 8.21. The van der Waals surface area contributed by atoms with Gasteiger partial charge in [-0.05, 0) is 73.7 Å². The lowest BCUT2D eigenvalue weighted by Crippen LogP contribution is -2.36. The molecule has 230 valence electrons. The van der Waals surface area contributed by atoms with E-state index in [1.54, 1.807) is 24.3 Å². The zero-order valence-electron chi connectivity index (χ0n) is 24.6. The first-order chi connectivity index (χ1) is 21.1. The van der Waals surface area contributed by atoms with E-state index in [1.165, 1.54) is 6.33 Å². The average molecular weight is 606 g/mol. The van der Waals surface area contributed by atoms with Crippen LogP contribution in [0.1, 0.15) is 41.3 Å². The molecule has 0 atom stereocenters. The predicted molar refractivity (Wildman–Crippen MR) is 165 cm³/mol. The van der Waals surface area contributed by atoms with Crippen LogP contribution in [0.3, 0.4) is 0 Å². The van der Waals surface area contributed by atoms with Gasteiger partial charge in [-0.15, -0.1) is 0 Å². The molecule has 2 aliphatic rings. The summed E-state index contributed by atoms with van der Waals surface area (Å²) in [6, 6.07) is 12.6. The largest absolute Gasteiger partial charge is 0.416 e. The van der Waals surface area contributed by atoms with E-state index in [4.69, 9.17) is 9.72 Å². The van der Waals surface area contributed by atoms with E-state index in [0.29, 0.717) is 60.4 Å². The molecule has 0 saturated carbocycles. The summed E-state index contributed by atoms with van der Waals surface area (Å²) >= 11 is 0. The van der Waals surface area contributed by atoms with Crippen molar-refractivity contribution in [3.63, 3.8) is 0 Å². The Labute approximate surface area is 253 Å². The average Bonchev–Trinajstić information content (AvgIpc) is 3.02. The van der Waals surface area contributed by atoms with Crippen LogP contribution in [-0.2, 0) is 10.9 Å². The number of piperidine rings is 1. The number of rotatable bonds is 6. The maximum atomic E-state index is 13.8. The van der Waals surface area contributed by atoms with E-state index >= 15 is 0 Å².